The summed E-state index contributed by atoms with van der Waals surface area (Å²) in [5, 5.41) is 3.85. The Morgan fingerprint density at radius 2 is 1.36 bits per heavy atom. The first kappa shape index (κ1) is 23.4. The molecule has 6 nitrogen and oxygen atoms in total. The molecule has 0 bridgehead atoms. The summed E-state index contributed by atoms with van der Waals surface area (Å²) in [7, 11) is -3.52. The van der Waals surface area contributed by atoms with Crippen LogP contribution in [0.15, 0.2) is 89.8 Å². The molecule has 33 heavy (non-hydrogen) atoms. The van der Waals surface area contributed by atoms with Gasteiger partial charge in [-0.2, -0.15) is 4.31 Å². The van der Waals surface area contributed by atoms with E-state index in [1.165, 1.54) is 4.31 Å². The normalized spacial score (nSPS) is 14.5. The molecule has 0 saturated carbocycles. The number of nitrogens with one attached hydrogen (secondary N) is 1. The smallest absolute Gasteiger partial charge is 0.243 e. The van der Waals surface area contributed by atoms with Gasteiger partial charge in [-0.3, -0.25) is 0 Å². The first-order chi connectivity index (χ1) is 16.0. The van der Waals surface area contributed by atoms with Gasteiger partial charge in [0.05, 0.1) is 18.1 Å². The summed E-state index contributed by atoms with van der Waals surface area (Å²) in [6, 6.07) is 27.1. The van der Waals surface area contributed by atoms with Crippen LogP contribution in [0, 0.1) is 0 Å². The van der Waals surface area contributed by atoms with Crippen LogP contribution in [-0.2, 0) is 27.8 Å². The van der Waals surface area contributed by atoms with E-state index in [1.807, 2.05) is 36.4 Å². The number of benzene rings is 3. The van der Waals surface area contributed by atoms with Crippen LogP contribution in [0.1, 0.15) is 11.1 Å². The van der Waals surface area contributed by atoms with Crippen LogP contribution >= 0.6 is 12.2 Å². The molecule has 0 amide bonds. The van der Waals surface area contributed by atoms with Crippen molar-refractivity contribution >= 4 is 33.0 Å². The van der Waals surface area contributed by atoms with E-state index in [9.17, 15) is 8.42 Å². The molecule has 1 aliphatic heterocycles. The highest BCUT2D eigenvalue weighted by Gasteiger charge is 2.26. The number of nitrogens with zero attached hydrogens (tertiary/aromatic N) is 2. The van der Waals surface area contributed by atoms with E-state index in [-0.39, 0.29) is 4.90 Å². The molecular weight excluding hydrogens is 454 g/mol. The van der Waals surface area contributed by atoms with Gasteiger partial charge in [-0.25, -0.2) is 8.42 Å². The highest BCUT2D eigenvalue weighted by molar-refractivity contribution is 7.89. The molecular formula is C25H27N3O3S2. The van der Waals surface area contributed by atoms with Gasteiger partial charge in [0, 0.05) is 31.9 Å². The maximum absolute atomic E-state index is 12.9. The third-order valence-electron chi connectivity index (χ3n) is 5.43. The quantitative estimate of drug-likeness (QED) is 0.513. The number of morpholine rings is 1. The van der Waals surface area contributed by atoms with E-state index >= 15 is 0 Å². The summed E-state index contributed by atoms with van der Waals surface area (Å²) in [5.41, 5.74) is 3.06. The van der Waals surface area contributed by atoms with E-state index in [0.717, 1.165) is 16.8 Å². The summed E-state index contributed by atoms with van der Waals surface area (Å²) >= 11 is 5.74. The fourth-order valence-electron chi connectivity index (χ4n) is 3.66. The van der Waals surface area contributed by atoms with Gasteiger partial charge in [-0.1, -0.05) is 60.7 Å². The summed E-state index contributed by atoms with van der Waals surface area (Å²) in [6.07, 6.45) is 0. The molecule has 3 aromatic carbocycles. The van der Waals surface area contributed by atoms with Crippen molar-refractivity contribution in [2.75, 3.05) is 31.6 Å². The molecule has 0 radical (unpaired) electrons. The molecule has 3 aromatic rings. The maximum atomic E-state index is 12.9. The van der Waals surface area contributed by atoms with Gasteiger partial charge >= 0.3 is 0 Å². The zero-order valence-electron chi connectivity index (χ0n) is 18.3. The molecule has 1 fully saturated rings. The highest BCUT2D eigenvalue weighted by atomic mass is 32.2. The van der Waals surface area contributed by atoms with E-state index < -0.39 is 10.0 Å². The van der Waals surface area contributed by atoms with Crippen molar-refractivity contribution in [2.24, 2.45) is 0 Å². The third kappa shape index (κ3) is 6.17. The molecule has 172 valence electrons. The highest BCUT2D eigenvalue weighted by Crippen LogP contribution is 2.20. The Hall–Kier alpha value is -2.78. The van der Waals surface area contributed by atoms with Gasteiger partial charge in [0.15, 0.2) is 5.11 Å². The van der Waals surface area contributed by atoms with Crippen molar-refractivity contribution in [1.82, 2.24) is 9.21 Å². The standard InChI is InChI=1S/C25H27N3O3S2/c29-33(30,28-15-17-31-18-16-28)24-13-11-23(12-14-24)26-25(32)27(19-21-7-3-1-4-8-21)20-22-9-5-2-6-10-22/h1-14H,15-20H2,(H,26,32). The van der Waals surface area contributed by atoms with Gasteiger partial charge in [-0.15, -0.1) is 0 Å². The van der Waals surface area contributed by atoms with Crippen LogP contribution in [0.4, 0.5) is 5.69 Å². The van der Waals surface area contributed by atoms with Crippen molar-refractivity contribution in [2.45, 2.75) is 18.0 Å². The lowest BCUT2D eigenvalue weighted by Gasteiger charge is -2.27. The summed E-state index contributed by atoms with van der Waals surface area (Å²) < 4.78 is 32.4. The van der Waals surface area contributed by atoms with Gasteiger partial charge in [-0.05, 0) is 47.6 Å². The van der Waals surface area contributed by atoms with Crippen molar-refractivity contribution in [1.29, 1.82) is 0 Å². The minimum Gasteiger partial charge on any atom is -0.379 e. The van der Waals surface area contributed by atoms with Gasteiger partial charge in [0.25, 0.3) is 0 Å². The molecule has 0 unspecified atom stereocenters. The van der Waals surface area contributed by atoms with Crippen molar-refractivity contribution in [3.8, 4) is 0 Å². The first-order valence-corrected chi connectivity index (χ1v) is 12.7. The molecule has 1 aliphatic rings. The van der Waals surface area contributed by atoms with Crippen molar-refractivity contribution < 1.29 is 13.2 Å². The SMILES string of the molecule is O=S(=O)(c1ccc(NC(=S)N(Cc2ccccc2)Cc2ccccc2)cc1)N1CCOCC1. The molecule has 0 spiro atoms. The first-order valence-electron chi connectivity index (χ1n) is 10.8. The Labute approximate surface area is 200 Å². The van der Waals surface area contributed by atoms with Gasteiger partial charge in [0.1, 0.15) is 0 Å². The Balaban J connectivity index is 1.47. The zero-order chi connectivity index (χ0) is 23.1. The molecule has 1 heterocycles. The Bertz CT molecular complexity index is 1110. The number of anilines is 1. The lowest BCUT2D eigenvalue weighted by Crippen LogP contribution is -2.40. The number of ether oxygens (including phenoxy) is 1. The molecule has 0 atom stereocenters. The average Bonchev–Trinajstić information content (AvgIpc) is 2.86. The second-order valence-corrected chi connectivity index (χ2v) is 10.1. The fourth-order valence-corrected chi connectivity index (χ4v) is 5.31. The number of sulfonamides is 1. The number of hydrogen-bond acceptors (Lipinski definition) is 4. The lowest BCUT2D eigenvalue weighted by molar-refractivity contribution is 0.0730. The van der Waals surface area contributed by atoms with Crippen LogP contribution in [-0.4, -0.2) is 49.0 Å². The summed E-state index contributed by atoms with van der Waals surface area (Å²) in [4.78, 5) is 2.37. The Morgan fingerprint density at radius 1 is 0.848 bits per heavy atom. The summed E-state index contributed by atoms with van der Waals surface area (Å²) in [6.45, 7) is 2.91. The minimum absolute atomic E-state index is 0.270. The van der Waals surface area contributed by atoms with Crippen LogP contribution in [0.3, 0.4) is 0 Å². The topological polar surface area (TPSA) is 61.9 Å². The van der Waals surface area contributed by atoms with Crippen LogP contribution in [0.2, 0.25) is 0 Å². The molecule has 4 rings (SSSR count). The third-order valence-corrected chi connectivity index (χ3v) is 7.71. The van der Waals surface area contributed by atoms with E-state index in [0.29, 0.717) is 44.5 Å². The minimum atomic E-state index is -3.52. The number of hydrogen-bond donors (Lipinski definition) is 1. The average molecular weight is 482 g/mol. The molecule has 0 aliphatic carbocycles. The molecule has 8 heteroatoms. The second-order valence-electron chi connectivity index (χ2n) is 7.80. The Kier molecular flexibility index (Phi) is 7.72. The largest absolute Gasteiger partial charge is 0.379 e. The summed E-state index contributed by atoms with van der Waals surface area (Å²) in [5.74, 6) is 0. The molecule has 1 saturated heterocycles. The van der Waals surface area contributed by atoms with E-state index in [1.54, 1.807) is 24.3 Å². The van der Waals surface area contributed by atoms with Crippen LogP contribution in [0.25, 0.3) is 0 Å². The van der Waals surface area contributed by atoms with Crippen LogP contribution in [0.5, 0.6) is 0 Å². The fraction of sp³-hybridized carbons (Fsp3) is 0.240. The molecule has 0 aromatic heterocycles. The van der Waals surface area contributed by atoms with Crippen LogP contribution < -0.4 is 5.32 Å². The van der Waals surface area contributed by atoms with Crippen molar-refractivity contribution in [3.63, 3.8) is 0 Å². The predicted molar refractivity (Wildman–Crippen MR) is 134 cm³/mol. The second kappa shape index (κ2) is 10.9. The van der Waals surface area contributed by atoms with Crippen molar-refractivity contribution in [3.05, 3.63) is 96.1 Å². The Morgan fingerprint density at radius 3 is 1.88 bits per heavy atom. The van der Waals surface area contributed by atoms with Gasteiger partial charge in [0.2, 0.25) is 10.0 Å². The predicted octanol–water partition coefficient (Wildman–Crippen LogP) is 4.11. The monoisotopic (exact) mass is 481 g/mol. The van der Waals surface area contributed by atoms with E-state index in [4.69, 9.17) is 17.0 Å². The zero-order valence-corrected chi connectivity index (χ0v) is 19.9. The number of thiocarbonyl (C=S) groups is 1. The van der Waals surface area contributed by atoms with Gasteiger partial charge < -0.3 is 15.0 Å². The number of rotatable bonds is 7. The van der Waals surface area contributed by atoms with E-state index in [2.05, 4.69) is 34.5 Å². The molecule has 1 N–H and O–H groups in total. The maximum Gasteiger partial charge on any atom is 0.243 e. The lowest BCUT2D eigenvalue weighted by atomic mass is 10.2.